The highest BCUT2D eigenvalue weighted by Crippen LogP contribution is 2.39. The Morgan fingerprint density at radius 2 is 1.86 bits per heavy atom. The number of rotatable bonds is 6. The Labute approximate surface area is 129 Å². The number of hydrogen-bond acceptors (Lipinski definition) is 5. The third-order valence-electron chi connectivity index (χ3n) is 4.54. The van der Waals surface area contributed by atoms with Gasteiger partial charge in [0.05, 0.1) is 31.3 Å². The van der Waals surface area contributed by atoms with Gasteiger partial charge in [0.1, 0.15) is 5.92 Å². The molecule has 0 aliphatic carbocycles. The fraction of sp³-hybridized carbons (Fsp3) is 0.733. The van der Waals surface area contributed by atoms with Gasteiger partial charge in [0, 0.05) is 19.6 Å². The van der Waals surface area contributed by atoms with Crippen molar-refractivity contribution in [3.05, 3.63) is 12.2 Å². The summed E-state index contributed by atoms with van der Waals surface area (Å²) in [5, 5.41) is 12.1. The fourth-order valence-electron chi connectivity index (χ4n) is 3.37. The first-order valence-corrected chi connectivity index (χ1v) is 7.81. The molecule has 7 heteroatoms. The number of carbonyl (C=O) groups excluding carboxylic acids is 1. The molecular weight excluding hydrogens is 288 g/mol. The lowest BCUT2D eigenvalue weighted by Gasteiger charge is -2.26. The van der Waals surface area contributed by atoms with Crippen LogP contribution in [-0.4, -0.2) is 73.5 Å². The van der Waals surface area contributed by atoms with Crippen LogP contribution in [0, 0.1) is 11.8 Å². The van der Waals surface area contributed by atoms with Crippen LogP contribution in [0.3, 0.4) is 0 Å². The number of fused-ring (bicyclic) bond motifs is 2. The molecule has 0 aromatic carbocycles. The molecule has 4 atom stereocenters. The van der Waals surface area contributed by atoms with Crippen molar-refractivity contribution in [2.45, 2.75) is 18.6 Å². The molecule has 3 heterocycles. The zero-order valence-electron chi connectivity index (χ0n) is 12.4. The van der Waals surface area contributed by atoms with Gasteiger partial charge < -0.3 is 19.9 Å². The lowest BCUT2D eigenvalue weighted by Crippen LogP contribution is -2.43. The Morgan fingerprint density at radius 1 is 1.18 bits per heavy atom. The van der Waals surface area contributed by atoms with Gasteiger partial charge in [-0.25, -0.2) is 0 Å². The quantitative estimate of drug-likeness (QED) is 0.507. The van der Waals surface area contributed by atoms with Crippen molar-refractivity contribution in [3.8, 4) is 0 Å². The summed E-state index contributed by atoms with van der Waals surface area (Å²) in [6.45, 7) is 4.86. The number of carboxylic acid groups (broad SMARTS) is 1. The van der Waals surface area contributed by atoms with E-state index in [1.165, 1.54) is 0 Å². The van der Waals surface area contributed by atoms with Gasteiger partial charge in [0.15, 0.2) is 0 Å². The predicted molar refractivity (Wildman–Crippen MR) is 77.3 cm³/mol. The Hall–Kier alpha value is -1.44. The molecule has 3 rings (SSSR count). The summed E-state index contributed by atoms with van der Waals surface area (Å²) in [5.74, 6) is -2.57. The summed E-state index contributed by atoms with van der Waals surface area (Å²) in [7, 11) is 0. The molecule has 122 valence electrons. The number of nitrogens with zero attached hydrogens (tertiary/aromatic N) is 1. The summed E-state index contributed by atoms with van der Waals surface area (Å²) in [6.07, 6.45) is 3.52. The van der Waals surface area contributed by atoms with Crippen molar-refractivity contribution in [3.63, 3.8) is 0 Å². The standard InChI is InChI=1S/C15H22N2O5/c18-14(16-4-1-5-17-6-8-21-9-7-17)12-10-2-3-11(22-10)13(12)15(19)20/h2-3,10-13H,1,4-9H2,(H,16,18)(H,19,20)/t10-,11+,12+,13+/m1/s1. The molecule has 2 saturated heterocycles. The molecule has 3 aliphatic heterocycles. The highest BCUT2D eigenvalue weighted by molar-refractivity contribution is 5.87. The van der Waals surface area contributed by atoms with E-state index in [2.05, 4.69) is 10.2 Å². The van der Waals surface area contributed by atoms with Gasteiger partial charge in [-0.3, -0.25) is 14.5 Å². The van der Waals surface area contributed by atoms with Crippen LogP contribution in [0.2, 0.25) is 0 Å². The average molecular weight is 310 g/mol. The van der Waals surface area contributed by atoms with Crippen LogP contribution in [0.25, 0.3) is 0 Å². The molecule has 22 heavy (non-hydrogen) atoms. The third kappa shape index (κ3) is 3.16. The van der Waals surface area contributed by atoms with E-state index in [1.807, 2.05) is 0 Å². The number of ether oxygens (including phenoxy) is 2. The minimum atomic E-state index is -0.967. The molecule has 0 radical (unpaired) electrons. The molecular formula is C15H22N2O5. The van der Waals surface area contributed by atoms with Crippen molar-refractivity contribution in [2.75, 3.05) is 39.4 Å². The van der Waals surface area contributed by atoms with E-state index in [-0.39, 0.29) is 5.91 Å². The van der Waals surface area contributed by atoms with Crippen LogP contribution < -0.4 is 5.32 Å². The van der Waals surface area contributed by atoms with E-state index in [9.17, 15) is 14.7 Å². The summed E-state index contributed by atoms with van der Waals surface area (Å²) in [5.41, 5.74) is 0. The van der Waals surface area contributed by atoms with Crippen LogP contribution in [0.15, 0.2) is 12.2 Å². The second-order valence-corrected chi connectivity index (χ2v) is 5.94. The van der Waals surface area contributed by atoms with Gasteiger partial charge in [0.25, 0.3) is 0 Å². The zero-order valence-corrected chi connectivity index (χ0v) is 12.4. The van der Waals surface area contributed by atoms with Crippen LogP contribution in [-0.2, 0) is 19.1 Å². The Morgan fingerprint density at radius 3 is 2.55 bits per heavy atom. The van der Waals surface area contributed by atoms with E-state index in [0.29, 0.717) is 6.54 Å². The Bertz CT molecular complexity index is 461. The number of carboxylic acids is 1. The van der Waals surface area contributed by atoms with Gasteiger partial charge in [-0.1, -0.05) is 12.2 Å². The van der Waals surface area contributed by atoms with E-state index in [1.54, 1.807) is 12.2 Å². The second-order valence-electron chi connectivity index (χ2n) is 5.94. The van der Waals surface area contributed by atoms with E-state index < -0.39 is 30.0 Å². The lowest BCUT2D eigenvalue weighted by molar-refractivity contribution is -0.146. The van der Waals surface area contributed by atoms with Crippen LogP contribution in [0.4, 0.5) is 0 Å². The van der Waals surface area contributed by atoms with Crippen LogP contribution in [0.1, 0.15) is 6.42 Å². The van der Waals surface area contributed by atoms with Crippen molar-refractivity contribution in [1.82, 2.24) is 10.2 Å². The van der Waals surface area contributed by atoms with Gasteiger partial charge in [0.2, 0.25) is 5.91 Å². The van der Waals surface area contributed by atoms with E-state index >= 15 is 0 Å². The monoisotopic (exact) mass is 310 g/mol. The van der Waals surface area contributed by atoms with E-state index in [0.717, 1.165) is 39.3 Å². The molecule has 2 bridgehead atoms. The van der Waals surface area contributed by atoms with Crippen LogP contribution >= 0.6 is 0 Å². The van der Waals surface area contributed by atoms with Crippen molar-refractivity contribution in [1.29, 1.82) is 0 Å². The topological polar surface area (TPSA) is 88.1 Å². The maximum atomic E-state index is 12.3. The number of morpholine rings is 1. The molecule has 0 spiro atoms. The minimum absolute atomic E-state index is 0.216. The first kappa shape index (κ1) is 15.5. The Kier molecular flexibility index (Phi) is 4.75. The molecule has 2 fully saturated rings. The molecule has 7 nitrogen and oxygen atoms in total. The summed E-state index contributed by atoms with van der Waals surface area (Å²) < 4.78 is 10.8. The summed E-state index contributed by atoms with van der Waals surface area (Å²) in [6, 6.07) is 0. The minimum Gasteiger partial charge on any atom is -0.481 e. The maximum absolute atomic E-state index is 12.3. The fourth-order valence-corrected chi connectivity index (χ4v) is 3.37. The predicted octanol–water partition coefficient (Wildman–Crippen LogP) is -0.521. The first-order valence-electron chi connectivity index (χ1n) is 7.81. The summed E-state index contributed by atoms with van der Waals surface area (Å²) in [4.78, 5) is 25.9. The average Bonchev–Trinajstić information content (AvgIpc) is 3.13. The molecule has 2 N–H and O–H groups in total. The highest BCUT2D eigenvalue weighted by Gasteiger charge is 2.53. The van der Waals surface area contributed by atoms with Crippen molar-refractivity contribution >= 4 is 11.9 Å². The molecule has 0 saturated carbocycles. The second kappa shape index (κ2) is 6.76. The number of amides is 1. The zero-order chi connectivity index (χ0) is 15.5. The van der Waals surface area contributed by atoms with E-state index in [4.69, 9.17) is 9.47 Å². The Balaban J connectivity index is 1.43. The SMILES string of the molecule is O=C(O)[C@@H]1[C@@H](C(=O)NCCCN2CCOCC2)[C@H]2C=C[C@@H]1O2. The molecule has 0 aromatic rings. The number of nitrogens with one attached hydrogen (secondary N) is 1. The number of hydrogen-bond donors (Lipinski definition) is 2. The third-order valence-corrected chi connectivity index (χ3v) is 4.54. The largest absolute Gasteiger partial charge is 0.481 e. The lowest BCUT2D eigenvalue weighted by atomic mass is 9.82. The smallest absolute Gasteiger partial charge is 0.310 e. The van der Waals surface area contributed by atoms with Gasteiger partial charge in [-0.2, -0.15) is 0 Å². The van der Waals surface area contributed by atoms with Crippen molar-refractivity contribution in [2.24, 2.45) is 11.8 Å². The van der Waals surface area contributed by atoms with Crippen molar-refractivity contribution < 1.29 is 24.2 Å². The van der Waals surface area contributed by atoms with Gasteiger partial charge in [-0.15, -0.1) is 0 Å². The molecule has 0 unspecified atom stereocenters. The molecule has 0 aromatic heterocycles. The normalized spacial score (nSPS) is 34.0. The molecule has 3 aliphatic rings. The van der Waals surface area contributed by atoms with Gasteiger partial charge >= 0.3 is 5.97 Å². The highest BCUT2D eigenvalue weighted by atomic mass is 16.5. The summed E-state index contributed by atoms with van der Waals surface area (Å²) >= 11 is 0. The van der Waals surface area contributed by atoms with Crippen LogP contribution in [0.5, 0.6) is 0 Å². The molecule has 1 amide bonds. The first-order chi connectivity index (χ1) is 10.7. The number of aliphatic carboxylic acids is 1. The van der Waals surface area contributed by atoms with Gasteiger partial charge in [-0.05, 0) is 13.0 Å². The number of carbonyl (C=O) groups is 2. The maximum Gasteiger partial charge on any atom is 0.310 e.